The van der Waals surface area contributed by atoms with Crippen molar-refractivity contribution in [1.82, 2.24) is 0 Å². The molecule has 1 radical (unpaired) electrons. The van der Waals surface area contributed by atoms with Crippen LogP contribution in [0.2, 0.25) is 0 Å². The van der Waals surface area contributed by atoms with Gasteiger partial charge in [-0.1, -0.05) is 32.1 Å². The maximum atomic E-state index is 10.6. The van der Waals surface area contributed by atoms with Gasteiger partial charge in [0.1, 0.15) is 5.78 Å². The normalized spacial score (nSPS) is 10.3. The van der Waals surface area contributed by atoms with Crippen LogP contribution in [-0.4, -0.2) is 12.4 Å². The summed E-state index contributed by atoms with van der Waals surface area (Å²) in [6.45, 7) is 1.72. The van der Waals surface area contributed by atoms with E-state index in [1.54, 1.807) is 6.92 Å². The third-order valence-corrected chi connectivity index (χ3v) is 2.17. The van der Waals surface area contributed by atoms with Crippen LogP contribution in [0.3, 0.4) is 0 Å². The molecule has 0 atom stereocenters. The maximum Gasteiger partial charge on any atom is 0.129 e. The first-order valence-electron chi connectivity index (χ1n) is 5.35. The highest BCUT2D eigenvalue weighted by molar-refractivity contribution is 5.75. The molecule has 77 valence electrons. The van der Waals surface area contributed by atoms with Crippen LogP contribution in [0.25, 0.3) is 0 Å². The Labute approximate surface area is 81.3 Å². The molecule has 0 aliphatic rings. The van der Waals surface area contributed by atoms with Crippen LogP contribution >= 0.6 is 0 Å². The van der Waals surface area contributed by atoms with E-state index in [1.165, 1.54) is 19.3 Å². The van der Waals surface area contributed by atoms with Crippen LogP contribution in [0, 0.1) is 0 Å². The quantitative estimate of drug-likeness (QED) is 0.508. The average molecular weight is 185 g/mol. The number of unbranched alkanes of at least 4 members (excludes halogenated alkanes) is 6. The number of hydrogen-bond donors (Lipinski definition) is 0. The predicted molar refractivity (Wildman–Crippen MR) is 53.2 cm³/mol. The Bertz CT molecular complexity index is 121. The first kappa shape index (κ1) is 12.6. The van der Waals surface area contributed by atoms with Gasteiger partial charge in [0.05, 0.1) is 6.61 Å². The summed E-state index contributed by atoms with van der Waals surface area (Å²) in [4.78, 5) is 10.6. The van der Waals surface area contributed by atoms with E-state index in [4.69, 9.17) is 0 Å². The molecular weight excluding hydrogens is 164 g/mol. The zero-order valence-corrected chi connectivity index (χ0v) is 8.68. The predicted octanol–water partition coefficient (Wildman–Crippen LogP) is 3.13. The SMILES string of the molecule is CC(=O)CCCCCCCCC[O]. The van der Waals surface area contributed by atoms with Gasteiger partial charge in [-0.3, -0.25) is 0 Å². The summed E-state index contributed by atoms with van der Waals surface area (Å²) in [5.74, 6) is 0.298. The Morgan fingerprint density at radius 1 is 0.846 bits per heavy atom. The fourth-order valence-corrected chi connectivity index (χ4v) is 1.36. The molecule has 0 aliphatic carbocycles. The second-order valence-corrected chi connectivity index (χ2v) is 3.63. The minimum absolute atomic E-state index is 0.0737. The molecule has 0 aliphatic heterocycles. The summed E-state index contributed by atoms with van der Waals surface area (Å²) in [5.41, 5.74) is 0. The van der Waals surface area contributed by atoms with Crippen molar-refractivity contribution in [2.45, 2.75) is 58.3 Å². The first-order valence-corrected chi connectivity index (χ1v) is 5.35. The highest BCUT2D eigenvalue weighted by atomic mass is 16.2. The molecule has 2 nitrogen and oxygen atoms in total. The summed E-state index contributed by atoms with van der Waals surface area (Å²) < 4.78 is 0. The third-order valence-electron chi connectivity index (χ3n) is 2.17. The molecule has 0 aromatic rings. The standard InChI is InChI=1S/C11H21O2/c1-11(13)9-7-5-3-2-4-6-8-10-12/h2-10H2,1H3. The zero-order chi connectivity index (χ0) is 9.94. The van der Waals surface area contributed by atoms with E-state index < -0.39 is 0 Å². The summed E-state index contributed by atoms with van der Waals surface area (Å²) >= 11 is 0. The minimum atomic E-state index is 0.0737. The van der Waals surface area contributed by atoms with Crippen molar-refractivity contribution in [3.8, 4) is 0 Å². The minimum Gasteiger partial charge on any atom is -0.300 e. The first-order chi connectivity index (χ1) is 6.27. The molecule has 0 rings (SSSR count). The van der Waals surface area contributed by atoms with Crippen molar-refractivity contribution in [3.05, 3.63) is 0 Å². The van der Waals surface area contributed by atoms with E-state index in [9.17, 15) is 9.90 Å². The van der Waals surface area contributed by atoms with E-state index in [0.717, 1.165) is 32.1 Å². The fourth-order valence-electron chi connectivity index (χ4n) is 1.36. The lowest BCUT2D eigenvalue weighted by Gasteiger charge is -1.99. The molecule has 0 saturated carbocycles. The van der Waals surface area contributed by atoms with E-state index >= 15 is 0 Å². The molecule has 0 N–H and O–H groups in total. The lowest BCUT2D eigenvalue weighted by atomic mass is 10.1. The number of carbonyl (C=O) groups is 1. The van der Waals surface area contributed by atoms with Gasteiger partial charge in [0.2, 0.25) is 0 Å². The molecular formula is C11H21O2. The highest BCUT2D eigenvalue weighted by Crippen LogP contribution is 2.08. The van der Waals surface area contributed by atoms with Crippen LogP contribution in [0.15, 0.2) is 0 Å². The average Bonchev–Trinajstić information content (AvgIpc) is 2.09. The van der Waals surface area contributed by atoms with Crippen molar-refractivity contribution in [3.63, 3.8) is 0 Å². The van der Waals surface area contributed by atoms with Crippen molar-refractivity contribution in [2.75, 3.05) is 6.61 Å². The van der Waals surface area contributed by atoms with Crippen LogP contribution in [0.1, 0.15) is 58.3 Å². The number of carbonyl (C=O) groups excluding carboxylic acids is 1. The molecule has 0 amide bonds. The van der Waals surface area contributed by atoms with Crippen molar-refractivity contribution in [2.24, 2.45) is 0 Å². The molecule has 0 unspecified atom stereocenters. The summed E-state index contributed by atoms with van der Waals surface area (Å²) in [5, 5.41) is 10.1. The van der Waals surface area contributed by atoms with Crippen molar-refractivity contribution < 1.29 is 9.90 Å². The highest BCUT2D eigenvalue weighted by Gasteiger charge is 1.94. The molecule has 13 heavy (non-hydrogen) atoms. The van der Waals surface area contributed by atoms with Crippen molar-refractivity contribution in [1.29, 1.82) is 0 Å². The molecule has 0 heterocycles. The van der Waals surface area contributed by atoms with Gasteiger partial charge in [0.15, 0.2) is 0 Å². The molecule has 0 aromatic carbocycles. The topological polar surface area (TPSA) is 37.0 Å². The van der Waals surface area contributed by atoms with Gasteiger partial charge in [0, 0.05) is 6.42 Å². The van der Waals surface area contributed by atoms with E-state index in [1.807, 2.05) is 0 Å². The van der Waals surface area contributed by atoms with Crippen LogP contribution in [0.5, 0.6) is 0 Å². The number of ketones is 1. The molecule has 0 spiro atoms. The van der Waals surface area contributed by atoms with Gasteiger partial charge in [-0.15, -0.1) is 0 Å². The second kappa shape index (κ2) is 9.72. The van der Waals surface area contributed by atoms with Gasteiger partial charge in [-0.25, -0.2) is 5.11 Å². The van der Waals surface area contributed by atoms with Gasteiger partial charge in [0.25, 0.3) is 0 Å². The number of rotatable bonds is 9. The van der Waals surface area contributed by atoms with Crippen LogP contribution < -0.4 is 0 Å². The Morgan fingerprint density at radius 2 is 1.31 bits per heavy atom. The Balaban J connectivity index is 2.87. The molecule has 0 fully saturated rings. The summed E-state index contributed by atoms with van der Waals surface area (Å²) in [6.07, 6.45) is 8.46. The van der Waals surface area contributed by atoms with Gasteiger partial charge in [-0.2, -0.15) is 0 Å². The van der Waals surface area contributed by atoms with E-state index in [0.29, 0.717) is 5.78 Å². The number of hydrogen-bond acceptors (Lipinski definition) is 1. The van der Waals surface area contributed by atoms with Crippen LogP contribution in [0.4, 0.5) is 0 Å². The van der Waals surface area contributed by atoms with Gasteiger partial charge in [-0.05, 0) is 19.8 Å². The summed E-state index contributed by atoms with van der Waals surface area (Å²) in [6, 6.07) is 0. The Kier molecular flexibility index (Phi) is 9.44. The Morgan fingerprint density at radius 3 is 1.77 bits per heavy atom. The molecule has 0 bridgehead atoms. The maximum absolute atomic E-state index is 10.6. The lowest BCUT2D eigenvalue weighted by Crippen LogP contribution is -1.89. The third kappa shape index (κ3) is 11.6. The second-order valence-electron chi connectivity index (χ2n) is 3.63. The smallest absolute Gasteiger partial charge is 0.129 e. The summed E-state index contributed by atoms with van der Waals surface area (Å²) in [7, 11) is 0. The number of Topliss-reactive ketones (excluding diaryl/α,β-unsaturated/α-hetero) is 1. The van der Waals surface area contributed by atoms with Gasteiger partial charge < -0.3 is 4.79 Å². The van der Waals surface area contributed by atoms with Gasteiger partial charge >= 0.3 is 0 Å². The fraction of sp³-hybridized carbons (Fsp3) is 0.909. The monoisotopic (exact) mass is 185 g/mol. The van der Waals surface area contributed by atoms with E-state index in [-0.39, 0.29) is 6.61 Å². The zero-order valence-electron chi connectivity index (χ0n) is 8.68. The molecule has 0 saturated heterocycles. The lowest BCUT2D eigenvalue weighted by molar-refractivity contribution is -0.117. The largest absolute Gasteiger partial charge is 0.300 e. The van der Waals surface area contributed by atoms with Crippen LogP contribution in [-0.2, 0) is 9.90 Å². The molecule has 0 aromatic heterocycles. The Hall–Kier alpha value is -0.370. The van der Waals surface area contributed by atoms with E-state index in [2.05, 4.69) is 0 Å². The molecule has 2 heteroatoms. The van der Waals surface area contributed by atoms with Crippen molar-refractivity contribution >= 4 is 5.78 Å².